The van der Waals surface area contributed by atoms with Crippen molar-refractivity contribution in [3.8, 4) is 10.6 Å². The smallest absolute Gasteiger partial charge is 0.140 e. The van der Waals surface area contributed by atoms with Gasteiger partial charge in [0.05, 0.1) is 5.52 Å². The van der Waals surface area contributed by atoms with Crippen molar-refractivity contribution in [3.05, 3.63) is 47.1 Å². The molecule has 2 nitrogen and oxygen atoms in total. The SMILES string of the molecule is Clc1csc(-c2ccc3cccnc3c2)n1. The lowest BCUT2D eigenvalue weighted by molar-refractivity contribution is 1.39. The normalized spacial score (nSPS) is 10.8. The fourth-order valence-corrected chi connectivity index (χ4v) is 2.53. The van der Waals surface area contributed by atoms with Gasteiger partial charge in [-0.05, 0) is 12.1 Å². The highest BCUT2D eigenvalue weighted by molar-refractivity contribution is 7.13. The number of thiazole rings is 1. The average Bonchev–Trinajstić information content (AvgIpc) is 2.75. The van der Waals surface area contributed by atoms with Crippen molar-refractivity contribution in [2.45, 2.75) is 0 Å². The predicted molar refractivity (Wildman–Crippen MR) is 67.9 cm³/mol. The van der Waals surface area contributed by atoms with Gasteiger partial charge < -0.3 is 0 Å². The van der Waals surface area contributed by atoms with Gasteiger partial charge in [0.25, 0.3) is 0 Å². The highest BCUT2D eigenvalue weighted by atomic mass is 35.5. The predicted octanol–water partition coefficient (Wildman–Crippen LogP) is 4.01. The summed E-state index contributed by atoms with van der Waals surface area (Å²) in [6.45, 7) is 0. The molecule has 0 radical (unpaired) electrons. The van der Waals surface area contributed by atoms with Crippen LogP contribution in [0.4, 0.5) is 0 Å². The molecule has 1 aromatic carbocycles. The summed E-state index contributed by atoms with van der Waals surface area (Å²) in [6.07, 6.45) is 1.79. The van der Waals surface area contributed by atoms with Crippen LogP contribution in [0.1, 0.15) is 0 Å². The van der Waals surface area contributed by atoms with Crippen LogP contribution in [-0.4, -0.2) is 9.97 Å². The van der Waals surface area contributed by atoms with Crippen LogP contribution in [0.2, 0.25) is 5.15 Å². The fourth-order valence-electron chi connectivity index (χ4n) is 1.59. The van der Waals surface area contributed by atoms with E-state index >= 15 is 0 Å². The molecule has 0 aliphatic carbocycles. The second kappa shape index (κ2) is 3.85. The highest BCUT2D eigenvalue weighted by Gasteiger charge is 2.04. The summed E-state index contributed by atoms with van der Waals surface area (Å²) in [7, 11) is 0. The van der Waals surface area contributed by atoms with E-state index < -0.39 is 0 Å². The van der Waals surface area contributed by atoms with Gasteiger partial charge in [0.1, 0.15) is 10.2 Å². The van der Waals surface area contributed by atoms with Gasteiger partial charge in [0.15, 0.2) is 0 Å². The summed E-state index contributed by atoms with van der Waals surface area (Å²) in [5, 5.41) is 4.44. The van der Waals surface area contributed by atoms with Gasteiger partial charge in [0, 0.05) is 22.5 Å². The lowest BCUT2D eigenvalue weighted by atomic mass is 10.1. The minimum Gasteiger partial charge on any atom is -0.256 e. The van der Waals surface area contributed by atoms with Gasteiger partial charge in [-0.25, -0.2) is 4.98 Å². The standard InChI is InChI=1S/C12H7ClN2S/c13-11-7-16-12(15-11)9-4-3-8-2-1-5-14-10(8)6-9/h1-7H. The second-order valence-corrected chi connectivity index (χ2v) is 4.63. The molecule has 0 spiro atoms. The molecule has 0 atom stereocenters. The number of aromatic nitrogens is 2. The number of hydrogen-bond acceptors (Lipinski definition) is 3. The molecule has 0 unspecified atom stereocenters. The first kappa shape index (κ1) is 9.75. The molecule has 0 amide bonds. The molecule has 78 valence electrons. The molecule has 16 heavy (non-hydrogen) atoms. The fraction of sp³-hybridized carbons (Fsp3) is 0. The van der Waals surface area contributed by atoms with Crippen LogP contribution in [0, 0.1) is 0 Å². The Labute approximate surface area is 102 Å². The molecule has 0 fully saturated rings. The largest absolute Gasteiger partial charge is 0.256 e. The molecule has 0 aliphatic heterocycles. The van der Waals surface area contributed by atoms with Gasteiger partial charge in [-0.1, -0.05) is 29.8 Å². The third kappa shape index (κ3) is 1.68. The second-order valence-electron chi connectivity index (χ2n) is 3.39. The molecule has 2 aromatic heterocycles. The highest BCUT2D eigenvalue weighted by Crippen LogP contribution is 2.27. The molecule has 0 saturated carbocycles. The van der Waals surface area contributed by atoms with Crippen molar-refractivity contribution in [1.29, 1.82) is 0 Å². The van der Waals surface area contributed by atoms with Crippen molar-refractivity contribution in [2.24, 2.45) is 0 Å². The molecule has 0 saturated heterocycles. The van der Waals surface area contributed by atoms with Crippen LogP contribution in [0.15, 0.2) is 41.9 Å². The zero-order valence-corrected chi connectivity index (χ0v) is 9.79. The molecule has 0 aliphatic rings. The number of pyridine rings is 1. The van der Waals surface area contributed by atoms with Crippen LogP contribution in [0.25, 0.3) is 21.5 Å². The van der Waals surface area contributed by atoms with Gasteiger partial charge in [-0.15, -0.1) is 11.3 Å². The van der Waals surface area contributed by atoms with Gasteiger partial charge in [-0.2, -0.15) is 0 Å². The summed E-state index contributed by atoms with van der Waals surface area (Å²) >= 11 is 7.35. The van der Waals surface area contributed by atoms with Crippen LogP contribution < -0.4 is 0 Å². The maximum Gasteiger partial charge on any atom is 0.140 e. The Balaban J connectivity index is 2.18. The monoisotopic (exact) mass is 246 g/mol. The lowest BCUT2D eigenvalue weighted by Crippen LogP contribution is -1.80. The van der Waals surface area contributed by atoms with Gasteiger partial charge in [-0.3, -0.25) is 4.98 Å². The Kier molecular flexibility index (Phi) is 2.35. The number of halogens is 1. The first-order chi connectivity index (χ1) is 7.83. The van der Waals surface area contributed by atoms with Crippen molar-refractivity contribution < 1.29 is 0 Å². The minimum atomic E-state index is 0.543. The summed E-state index contributed by atoms with van der Waals surface area (Å²) < 4.78 is 0. The van der Waals surface area contributed by atoms with E-state index in [2.05, 4.69) is 9.97 Å². The number of hydrogen-bond donors (Lipinski definition) is 0. The number of nitrogens with zero attached hydrogens (tertiary/aromatic N) is 2. The van der Waals surface area contributed by atoms with Crippen molar-refractivity contribution in [3.63, 3.8) is 0 Å². The van der Waals surface area contributed by atoms with E-state index in [1.165, 1.54) is 0 Å². The van der Waals surface area contributed by atoms with Crippen LogP contribution in [0.3, 0.4) is 0 Å². The van der Waals surface area contributed by atoms with Crippen LogP contribution >= 0.6 is 22.9 Å². The summed E-state index contributed by atoms with van der Waals surface area (Å²) in [5.41, 5.74) is 2.04. The topological polar surface area (TPSA) is 25.8 Å². The van der Waals surface area contributed by atoms with Crippen molar-refractivity contribution in [2.75, 3.05) is 0 Å². The van der Waals surface area contributed by atoms with Gasteiger partial charge >= 0.3 is 0 Å². The minimum absolute atomic E-state index is 0.543. The van der Waals surface area contributed by atoms with Crippen LogP contribution in [-0.2, 0) is 0 Å². The Morgan fingerprint density at radius 2 is 2.12 bits per heavy atom. The maximum atomic E-state index is 5.81. The average molecular weight is 247 g/mol. The molecule has 3 aromatic rings. The molecular formula is C12H7ClN2S. The Hall–Kier alpha value is -1.45. The molecule has 2 heterocycles. The number of fused-ring (bicyclic) bond motifs is 1. The van der Waals surface area contributed by atoms with E-state index in [-0.39, 0.29) is 0 Å². The van der Waals surface area contributed by atoms with E-state index in [4.69, 9.17) is 11.6 Å². The Morgan fingerprint density at radius 1 is 1.19 bits per heavy atom. The Bertz CT molecular complexity index is 648. The van der Waals surface area contributed by atoms with Crippen LogP contribution in [0.5, 0.6) is 0 Å². The first-order valence-electron chi connectivity index (χ1n) is 4.79. The third-order valence-electron chi connectivity index (χ3n) is 2.33. The number of benzene rings is 1. The van der Waals surface area contributed by atoms with Crippen molar-refractivity contribution >= 4 is 33.8 Å². The Morgan fingerprint density at radius 3 is 2.94 bits per heavy atom. The van der Waals surface area contributed by atoms with E-state index in [1.807, 2.05) is 35.7 Å². The van der Waals surface area contributed by atoms with Gasteiger partial charge in [0.2, 0.25) is 0 Å². The first-order valence-corrected chi connectivity index (χ1v) is 6.05. The maximum absolute atomic E-state index is 5.81. The third-order valence-corrected chi connectivity index (χ3v) is 3.54. The summed E-state index contributed by atoms with van der Waals surface area (Å²) in [4.78, 5) is 8.56. The molecule has 3 rings (SSSR count). The van der Waals surface area contributed by atoms with E-state index in [0.717, 1.165) is 21.5 Å². The molecule has 0 N–H and O–H groups in total. The zero-order chi connectivity index (χ0) is 11.0. The quantitative estimate of drug-likeness (QED) is 0.648. The van der Waals surface area contributed by atoms with E-state index in [1.54, 1.807) is 17.5 Å². The zero-order valence-electron chi connectivity index (χ0n) is 8.22. The van der Waals surface area contributed by atoms with Crippen molar-refractivity contribution in [1.82, 2.24) is 9.97 Å². The molecule has 0 bridgehead atoms. The molecular weight excluding hydrogens is 240 g/mol. The lowest BCUT2D eigenvalue weighted by Gasteiger charge is -1.99. The summed E-state index contributed by atoms with van der Waals surface area (Å²) in [5.74, 6) is 0. The summed E-state index contributed by atoms with van der Waals surface area (Å²) in [6, 6.07) is 10.1. The number of rotatable bonds is 1. The van der Waals surface area contributed by atoms with E-state index in [0.29, 0.717) is 5.15 Å². The van der Waals surface area contributed by atoms with E-state index in [9.17, 15) is 0 Å². The molecule has 4 heteroatoms.